The van der Waals surface area contributed by atoms with Crippen LogP contribution in [-0.4, -0.2) is 12.1 Å². The number of fused-ring (bicyclic) bond motifs is 7. The molecule has 10 atom stereocenters. The summed E-state index contributed by atoms with van der Waals surface area (Å²) in [7, 11) is 0. The molecule has 6 rings (SSSR count). The summed E-state index contributed by atoms with van der Waals surface area (Å²) >= 11 is 0. The van der Waals surface area contributed by atoms with Crippen molar-refractivity contribution in [1.29, 1.82) is 0 Å². The van der Waals surface area contributed by atoms with E-state index in [0.717, 1.165) is 30.6 Å². The zero-order chi connectivity index (χ0) is 23.7. The number of hydrogen-bond donors (Lipinski definition) is 0. The highest BCUT2D eigenvalue weighted by Gasteiger charge is 2.75. The fraction of sp³-hybridized carbons (Fsp3) is 1.00. The third-order valence-electron chi connectivity index (χ3n) is 13.7. The van der Waals surface area contributed by atoms with Crippen molar-refractivity contribution in [3.05, 3.63) is 0 Å². The normalized spacial score (nSPS) is 59.4. The van der Waals surface area contributed by atoms with Gasteiger partial charge in [0.2, 0.25) is 5.79 Å². The van der Waals surface area contributed by atoms with Crippen LogP contribution in [0.1, 0.15) is 120 Å². The Labute approximate surface area is 203 Å². The smallest absolute Gasteiger partial charge is 0.212 e. The Bertz CT molecular complexity index is 821. The van der Waals surface area contributed by atoms with Crippen LogP contribution in [0.3, 0.4) is 0 Å². The maximum Gasteiger partial charge on any atom is 0.212 e. The summed E-state index contributed by atoms with van der Waals surface area (Å²) in [5.74, 6) is 3.05. The van der Waals surface area contributed by atoms with Crippen LogP contribution in [0.4, 0.5) is 0 Å². The van der Waals surface area contributed by atoms with Gasteiger partial charge in [-0.3, -0.25) is 0 Å². The lowest BCUT2D eigenvalue weighted by atomic mass is 9.34. The van der Waals surface area contributed by atoms with Gasteiger partial charge < -0.3 is 4.74 Å². The molecule has 0 unspecified atom stereocenters. The molecule has 0 N–H and O–H groups in total. The van der Waals surface area contributed by atoms with Gasteiger partial charge in [0.1, 0.15) is 0 Å². The average Bonchev–Trinajstić information content (AvgIpc) is 3.29. The molecule has 0 radical (unpaired) electrons. The molecule has 2 heterocycles. The summed E-state index contributed by atoms with van der Waals surface area (Å²) in [6.07, 6.45) is 12.8. The van der Waals surface area contributed by atoms with Crippen molar-refractivity contribution < 1.29 is 14.5 Å². The largest absolute Gasteiger partial charge is 0.314 e. The minimum absolute atomic E-state index is 0.00863. The molecule has 33 heavy (non-hydrogen) atoms. The quantitative estimate of drug-likeness (QED) is 0.371. The second kappa shape index (κ2) is 6.80. The fourth-order valence-corrected chi connectivity index (χ4v) is 11.8. The first-order valence-corrected chi connectivity index (χ1v) is 14.4. The van der Waals surface area contributed by atoms with Gasteiger partial charge in [-0.15, -0.1) is 0 Å². The second-order valence-electron chi connectivity index (χ2n) is 15.3. The third kappa shape index (κ3) is 2.59. The van der Waals surface area contributed by atoms with E-state index >= 15 is 0 Å². The molecule has 0 aromatic rings. The predicted octanol–water partition coefficient (Wildman–Crippen LogP) is 8.13. The van der Waals surface area contributed by atoms with E-state index in [1.54, 1.807) is 0 Å². The van der Waals surface area contributed by atoms with Gasteiger partial charge in [0.15, 0.2) is 6.29 Å². The number of ether oxygens (including phenoxy) is 1. The standard InChI is InChI=1S/C30H50O3/c1-19(2)20-11-12-21-26(20,5)14-16-29(8)23-18-24-31-30(33-32-24)22(10-9-13-25(30,3)4)27(23,6)15-17-28(21,29)7/h19-24H,9-18H2,1-8H3/t20-,21-,22+,23+,24-,26-,27+,28+,29-,30+/m1/s1. The molecule has 2 aliphatic heterocycles. The van der Waals surface area contributed by atoms with Gasteiger partial charge in [0.05, 0.1) is 0 Å². The molecule has 0 amide bonds. The lowest BCUT2D eigenvalue weighted by Crippen LogP contribution is -2.66. The van der Waals surface area contributed by atoms with Crippen molar-refractivity contribution in [2.45, 2.75) is 132 Å². The van der Waals surface area contributed by atoms with E-state index in [4.69, 9.17) is 14.5 Å². The van der Waals surface area contributed by atoms with Crippen molar-refractivity contribution in [3.8, 4) is 0 Å². The minimum Gasteiger partial charge on any atom is -0.314 e. The highest BCUT2D eigenvalue weighted by Crippen LogP contribution is 2.78. The van der Waals surface area contributed by atoms with E-state index in [-0.39, 0.29) is 17.1 Å². The van der Waals surface area contributed by atoms with Crippen molar-refractivity contribution in [3.63, 3.8) is 0 Å². The zero-order valence-corrected chi connectivity index (χ0v) is 22.8. The van der Waals surface area contributed by atoms with Gasteiger partial charge in [0.25, 0.3) is 0 Å². The first-order valence-electron chi connectivity index (χ1n) is 14.4. The summed E-state index contributed by atoms with van der Waals surface area (Å²) in [6.45, 7) is 20.4. The Morgan fingerprint density at radius 2 is 1.36 bits per heavy atom. The van der Waals surface area contributed by atoms with E-state index < -0.39 is 5.79 Å². The molecule has 0 aromatic carbocycles. The highest BCUT2D eigenvalue weighted by molar-refractivity contribution is 5.20. The number of rotatable bonds is 1. The van der Waals surface area contributed by atoms with E-state index in [1.165, 1.54) is 51.4 Å². The second-order valence-corrected chi connectivity index (χ2v) is 15.3. The Balaban J connectivity index is 1.43. The first-order chi connectivity index (χ1) is 15.3. The van der Waals surface area contributed by atoms with Crippen LogP contribution in [0.25, 0.3) is 0 Å². The van der Waals surface area contributed by atoms with Crippen molar-refractivity contribution in [1.82, 2.24) is 0 Å². The molecule has 2 bridgehead atoms. The molecule has 3 nitrogen and oxygen atoms in total. The van der Waals surface area contributed by atoms with Crippen LogP contribution in [0.15, 0.2) is 0 Å². The van der Waals surface area contributed by atoms with Crippen molar-refractivity contribution in [2.75, 3.05) is 0 Å². The van der Waals surface area contributed by atoms with Crippen molar-refractivity contribution >= 4 is 0 Å². The van der Waals surface area contributed by atoms with Gasteiger partial charge in [-0.2, -0.15) is 4.89 Å². The first kappa shape index (κ1) is 23.3. The molecule has 1 spiro atoms. The summed E-state index contributed by atoms with van der Waals surface area (Å²) in [6, 6.07) is 0. The molecule has 2 saturated heterocycles. The molecule has 6 aliphatic rings. The summed E-state index contributed by atoms with van der Waals surface area (Å²) in [4.78, 5) is 12.3. The van der Waals surface area contributed by atoms with Crippen molar-refractivity contribution in [2.24, 2.45) is 56.7 Å². The number of hydrogen-bond acceptors (Lipinski definition) is 3. The monoisotopic (exact) mass is 458 g/mol. The molecular formula is C30H50O3. The topological polar surface area (TPSA) is 27.7 Å². The zero-order valence-electron chi connectivity index (χ0n) is 22.8. The summed E-state index contributed by atoms with van der Waals surface area (Å²) in [5, 5.41) is 0. The molecule has 3 heteroatoms. The minimum atomic E-state index is -0.567. The highest BCUT2D eigenvalue weighted by atomic mass is 17.3. The van der Waals surface area contributed by atoms with Crippen LogP contribution < -0.4 is 0 Å². The lowest BCUT2D eigenvalue weighted by Gasteiger charge is -2.70. The molecule has 0 aromatic heterocycles. The Morgan fingerprint density at radius 3 is 2.06 bits per heavy atom. The van der Waals surface area contributed by atoms with E-state index in [0.29, 0.717) is 28.1 Å². The SMILES string of the molecule is CC(C)[C@H]1CC[C@@H]2[C@]1(C)CC[C@]1(C)[C@H]3C[C@H]4OO[C@@]5(O4)[C@@H](CCCC5(C)C)[C@]3(C)CC[C@@]21C. The van der Waals surface area contributed by atoms with Crippen LogP contribution in [0.5, 0.6) is 0 Å². The molecule has 188 valence electrons. The third-order valence-corrected chi connectivity index (χ3v) is 13.7. The van der Waals surface area contributed by atoms with Crippen LogP contribution in [0.2, 0.25) is 0 Å². The fourth-order valence-electron chi connectivity index (χ4n) is 11.8. The van der Waals surface area contributed by atoms with E-state index in [1.807, 2.05) is 0 Å². The van der Waals surface area contributed by atoms with Gasteiger partial charge in [-0.25, -0.2) is 4.89 Å². The molecule has 4 aliphatic carbocycles. The van der Waals surface area contributed by atoms with Gasteiger partial charge >= 0.3 is 0 Å². The maximum absolute atomic E-state index is 6.85. The van der Waals surface area contributed by atoms with E-state index in [2.05, 4.69) is 55.4 Å². The summed E-state index contributed by atoms with van der Waals surface area (Å²) < 4.78 is 6.85. The Kier molecular flexibility index (Phi) is 4.80. The Morgan fingerprint density at radius 1 is 0.697 bits per heavy atom. The predicted molar refractivity (Wildman–Crippen MR) is 131 cm³/mol. The molecule has 4 saturated carbocycles. The maximum atomic E-state index is 6.85. The van der Waals surface area contributed by atoms with Gasteiger partial charge in [-0.1, -0.05) is 61.8 Å². The lowest BCUT2D eigenvalue weighted by molar-refractivity contribution is -0.404. The average molecular weight is 459 g/mol. The molecule has 6 fully saturated rings. The van der Waals surface area contributed by atoms with Gasteiger partial charge in [0, 0.05) is 17.8 Å². The van der Waals surface area contributed by atoms with E-state index in [9.17, 15) is 0 Å². The van der Waals surface area contributed by atoms with Gasteiger partial charge in [-0.05, 0) is 96.7 Å². The van der Waals surface area contributed by atoms with Crippen LogP contribution in [-0.2, 0) is 14.5 Å². The molecular weight excluding hydrogens is 408 g/mol. The Hall–Kier alpha value is -0.120. The van der Waals surface area contributed by atoms with Crippen LogP contribution >= 0.6 is 0 Å². The summed E-state index contributed by atoms with van der Waals surface area (Å²) in [5.41, 5.74) is 1.52. The van der Waals surface area contributed by atoms with Crippen LogP contribution in [0, 0.1) is 56.7 Å².